The summed E-state index contributed by atoms with van der Waals surface area (Å²) in [6.07, 6.45) is 2.77. The third kappa shape index (κ3) is 2.72. The van der Waals surface area contributed by atoms with Gasteiger partial charge in [0.25, 0.3) is 0 Å². The molecule has 0 bridgehead atoms. The van der Waals surface area contributed by atoms with Gasteiger partial charge in [-0.25, -0.2) is 0 Å². The number of rotatable bonds is 4. The summed E-state index contributed by atoms with van der Waals surface area (Å²) in [5.74, 6) is -0.341. The van der Waals surface area contributed by atoms with Crippen molar-refractivity contribution in [1.82, 2.24) is 0 Å². The molecule has 0 radical (unpaired) electrons. The van der Waals surface area contributed by atoms with Crippen molar-refractivity contribution in [2.24, 2.45) is 11.8 Å². The number of aliphatic carboxylic acids is 1. The normalized spacial score (nSPS) is 23.8. The number of carboxylic acids is 1. The summed E-state index contributed by atoms with van der Waals surface area (Å²) in [5.41, 5.74) is 1.23. The predicted octanol–water partition coefficient (Wildman–Crippen LogP) is 2.99. The van der Waals surface area contributed by atoms with E-state index in [4.69, 9.17) is 16.7 Å². The van der Waals surface area contributed by atoms with Crippen LogP contribution in [0.5, 0.6) is 0 Å². The van der Waals surface area contributed by atoms with Crippen molar-refractivity contribution in [3.05, 3.63) is 34.9 Å². The number of aryl methyl sites for hydroxylation is 1. The number of carbonyl (C=O) groups is 1. The molecule has 0 amide bonds. The molecule has 2 rings (SSSR count). The van der Waals surface area contributed by atoms with Crippen LogP contribution in [-0.2, 0) is 11.2 Å². The van der Waals surface area contributed by atoms with Crippen molar-refractivity contribution in [3.8, 4) is 0 Å². The van der Waals surface area contributed by atoms with E-state index >= 15 is 0 Å². The molecule has 1 saturated carbocycles. The van der Waals surface area contributed by atoms with Gasteiger partial charge in [-0.2, -0.15) is 0 Å². The minimum Gasteiger partial charge on any atom is -0.481 e. The van der Waals surface area contributed by atoms with Crippen LogP contribution >= 0.6 is 11.6 Å². The van der Waals surface area contributed by atoms with E-state index in [0.29, 0.717) is 5.92 Å². The SMILES string of the molecule is O=C(O)[C@H]1C[C@@H]1CCc1ccc(Cl)cc1. The first-order valence-corrected chi connectivity index (χ1v) is 5.52. The first-order valence-electron chi connectivity index (χ1n) is 5.14. The quantitative estimate of drug-likeness (QED) is 0.854. The summed E-state index contributed by atoms with van der Waals surface area (Å²) in [7, 11) is 0. The van der Waals surface area contributed by atoms with Gasteiger partial charge in [-0.3, -0.25) is 4.79 Å². The lowest BCUT2D eigenvalue weighted by atomic mass is 10.1. The minimum absolute atomic E-state index is 0.0858. The molecule has 1 aliphatic carbocycles. The second-order valence-electron chi connectivity index (χ2n) is 4.11. The van der Waals surface area contributed by atoms with Gasteiger partial charge in [-0.1, -0.05) is 23.7 Å². The summed E-state index contributed by atoms with van der Waals surface area (Å²) in [4.78, 5) is 10.6. The van der Waals surface area contributed by atoms with Crippen molar-refractivity contribution in [1.29, 1.82) is 0 Å². The highest BCUT2D eigenvalue weighted by molar-refractivity contribution is 6.30. The highest BCUT2D eigenvalue weighted by Gasteiger charge is 2.42. The fourth-order valence-electron chi connectivity index (χ4n) is 1.87. The van der Waals surface area contributed by atoms with Crippen molar-refractivity contribution < 1.29 is 9.90 Å². The Bertz CT molecular complexity index is 358. The third-order valence-corrected chi connectivity index (χ3v) is 3.21. The van der Waals surface area contributed by atoms with E-state index < -0.39 is 5.97 Å². The maximum absolute atomic E-state index is 10.6. The molecule has 1 fully saturated rings. The lowest BCUT2D eigenvalue weighted by molar-refractivity contribution is -0.138. The van der Waals surface area contributed by atoms with Crippen LogP contribution in [0.1, 0.15) is 18.4 Å². The lowest BCUT2D eigenvalue weighted by Crippen LogP contribution is -2.00. The Kier molecular flexibility index (Phi) is 2.96. The van der Waals surface area contributed by atoms with Gasteiger partial charge in [0.1, 0.15) is 0 Å². The summed E-state index contributed by atoms with van der Waals surface area (Å²) in [5, 5.41) is 9.48. The lowest BCUT2D eigenvalue weighted by Gasteiger charge is -2.00. The first-order chi connectivity index (χ1) is 7.16. The van der Waals surface area contributed by atoms with Crippen LogP contribution in [-0.4, -0.2) is 11.1 Å². The minimum atomic E-state index is -0.642. The van der Waals surface area contributed by atoms with Crippen LogP contribution < -0.4 is 0 Å². The molecule has 0 aliphatic heterocycles. The molecule has 0 aromatic heterocycles. The molecule has 1 N–H and O–H groups in total. The van der Waals surface area contributed by atoms with Gasteiger partial charge < -0.3 is 5.11 Å². The van der Waals surface area contributed by atoms with Gasteiger partial charge in [0.2, 0.25) is 0 Å². The number of hydrogen-bond donors (Lipinski definition) is 1. The Balaban J connectivity index is 1.80. The second kappa shape index (κ2) is 4.23. The summed E-state index contributed by atoms with van der Waals surface area (Å²) in [6, 6.07) is 7.75. The zero-order valence-corrected chi connectivity index (χ0v) is 9.07. The number of halogens is 1. The van der Waals surface area contributed by atoms with E-state index in [1.54, 1.807) is 0 Å². The Hall–Kier alpha value is -1.02. The molecule has 80 valence electrons. The molecule has 2 nitrogen and oxygen atoms in total. The van der Waals surface area contributed by atoms with E-state index in [2.05, 4.69) is 0 Å². The topological polar surface area (TPSA) is 37.3 Å². The highest BCUT2D eigenvalue weighted by Crippen LogP contribution is 2.42. The third-order valence-electron chi connectivity index (χ3n) is 2.96. The smallest absolute Gasteiger partial charge is 0.306 e. The molecule has 0 heterocycles. The van der Waals surface area contributed by atoms with E-state index in [1.807, 2.05) is 24.3 Å². The van der Waals surface area contributed by atoms with Crippen LogP contribution in [0.2, 0.25) is 5.02 Å². The standard InChI is InChI=1S/C12H13ClO2/c13-10-5-2-8(3-6-10)1-4-9-7-11(9)12(14)15/h2-3,5-6,9,11H,1,4,7H2,(H,14,15)/t9-,11-/m0/s1. The zero-order valence-electron chi connectivity index (χ0n) is 8.32. The van der Waals surface area contributed by atoms with Gasteiger partial charge in [-0.15, -0.1) is 0 Å². The molecule has 15 heavy (non-hydrogen) atoms. The van der Waals surface area contributed by atoms with Gasteiger partial charge >= 0.3 is 5.97 Å². The van der Waals surface area contributed by atoms with Gasteiger partial charge in [0, 0.05) is 5.02 Å². The van der Waals surface area contributed by atoms with Crippen molar-refractivity contribution in [2.75, 3.05) is 0 Å². The molecule has 2 atom stereocenters. The average Bonchev–Trinajstić information content (AvgIpc) is 2.96. The maximum atomic E-state index is 10.6. The van der Waals surface area contributed by atoms with Crippen LogP contribution in [0.4, 0.5) is 0 Å². The number of benzene rings is 1. The van der Waals surface area contributed by atoms with E-state index in [0.717, 1.165) is 24.3 Å². The fraction of sp³-hybridized carbons (Fsp3) is 0.417. The Labute approximate surface area is 93.9 Å². The Morgan fingerprint density at radius 2 is 2.07 bits per heavy atom. The van der Waals surface area contributed by atoms with Gasteiger partial charge in [-0.05, 0) is 42.9 Å². The predicted molar refractivity (Wildman–Crippen MR) is 59.0 cm³/mol. The highest BCUT2D eigenvalue weighted by atomic mass is 35.5. The molecule has 0 saturated heterocycles. The summed E-state index contributed by atoms with van der Waals surface area (Å²) < 4.78 is 0. The molecule has 1 aliphatic rings. The van der Waals surface area contributed by atoms with Crippen LogP contribution in [0.15, 0.2) is 24.3 Å². The van der Waals surface area contributed by atoms with Crippen molar-refractivity contribution in [3.63, 3.8) is 0 Å². The van der Waals surface area contributed by atoms with E-state index in [-0.39, 0.29) is 5.92 Å². The van der Waals surface area contributed by atoms with Crippen molar-refractivity contribution >= 4 is 17.6 Å². The van der Waals surface area contributed by atoms with Gasteiger partial charge in [0.15, 0.2) is 0 Å². The zero-order chi connectivity index (χ0) is 10.8. The Morgan fingerprint density at radius 1 is 1.40 bits per heavy atom. The molecular weight excluding hydrogens is 212 g/mol. The van der Waals surface area contributed by atoms with E-state index in [9.17, 15) is 4.79 Å². The van der Waals surface area contributed by atoms with Crippen LogP contribution in [0, 0.1) is 11.8 Å². The van der Waals surface area contributed by atoms with Crippen LogP contribution in [0.25, 0.3) is 0 Å². The molecular formula is C12H13ClO2. The first kappa shape index (κ1) is 10.5. The average molecular weight is 225 g/mol. The second-order valence-corrected chi connectivity index (χ2v) is 4.54. The van der Waals surface area contributed by atoms with Gasteiger partial charge in [0.05, 0.1) is 5.92 Å². The summed E-state index contributed by atoms with van der Waals surface area (Å²) in [6.45, 7) is 0. The molecule has 0 spiro atoms. The maximum Gasteiger partial charge on any atom is 0.306 e. The van der Waals surface area contributed by atoms with E-state index in [1.165, 1.54) is 5.56 Å². The largest absolute Gasteiger partial charge is 0.481 e. The Morgan fingerprint density at radius 3 is 2.60 bits per heavy atom. The monoisotopic (exact) mass is 224 g/mol. The molecule has 1 aromatic carbocycles. The van der Waals surface area contributed by atoms with Crippen LogP contribution in [0.3, 0.4) is 0 Å². The number of hydrogen-bond acceptors (Lipinski definition) is 1. The van der Waals surface area contributed by atoms with Crippen molar-refractivity contribution in [2.45, 2.75) is 19.3 Å². The molecule has 1 aromatic rings. The molecule has 3 heteroatoms. The summed E-state index contributed by atoms with van der Waals surface area (Å²) >= 11 is 5.77. The number of carboxylic acid groups (broad SMARTS) is 1. The molecule has 0 unspecified atom stereocenters. The fourth-order valence-corrected chi connectivity index (χ4v) is 2.00.